The maximum Gasteiger partial charge on any atom is 0.183 e. The molecule has 0 saturated carbocycles. The first-order valence-corrected chi connectivity index (χ1v) is 10.2. The van der Waals surface area contributed by atoms with E-state index < -0.39 is 0 Å². The standard InChI is InChI=1S/C12H11N3S.C9H10O2.C2H6/c1-9-11(16-12(13-2)15-9)4-3-10-5-7-14-8-6-10;10-6-7-11-8-9-4-2-1-3-5-9;1-2/h5-8H,1-2H3,(H,13,15);1-6H,7-8H2;1-2H3. The lowest BCUT2D eigenvalue weighted by Gasteiger charge is -1.98. The van der Waals surface area contributed by atoms with Crippen LogP contribution in [-0.4, -0.2) is 29.9 Å². The van der Waals surface area contributed by atoms with Gasteiger partial charge in [-0.3, -0.25) is 4.98 Å². The smallest absolute Gasteiger partial charge is 0.183 e. The maximum atomic E-state index is 9.87. The van der Waals surface area contributed by atoms with Gasteiger partial charge in [-0.05, 0) is 30.5 Å². The molecule has 0 fully saturated rings. The molecular weight excluding hydrogens is 382 g/mol. The van der Waals surface area contributed by atoms with Crippen molar-refractivity contribution >= 4 is 22.8 Å². The first kappa shape index (κ1) is 24.0. The van der Waals surface area contributed by atoms with Crippen molar-refractivity contribution in [2.45, 2.75) is 27.4 Å². The van der Waals surface area contributed by atoms with E-state index >= 15 is 0 Å². The number of aromatic nitrogens is 2. The molecule has 2 aromatic heterocycles. The molecular formula is C23H27N3O2S. The number of rotatable bonds is 5. The molecule has 0 atom stereocenters. The van der Waals surface area contributed by atoms with E-state index in [0.717, 1.165) is 33.1 Å². The van der Waals surface area contributed by atoms with Gasteiger partial charge >= 0.3 is 0 Å². The normalized spacial score (nSPS) is 8.97. The highest BCUT2D eigenvalue weighted by Crippen LogP contribution is 2.20. The van der Waals surface area contributed by atoms with E-state index in [4.69, 9.17) is 4.74 Å². The zero-order valence-electron chi connectivity index (χ0n) is 17.3. The summed E-state index contributed by atoms with van der Waals surface area (Å²) in [5.74, 6) is 6.21. The Kier molecular flexibility index (Phi) is 12.4. The average Bonchev–Trinajstić information content (AvgIpc) is 3.15. The van der Waals surface area contributed by atoms with Crippen LogP contribution >= 0.6 is 11.3 Å². The lowest BCUT2D eigenvalue weighted by molar-refractivity contribution is -0.112. The van der Waals surface area contributed by atoms with Gasteiger partial charge in [-0.2, -0.15) is 0 Å². The lowest BCUT2D eigenvalue weighted by atomic mass is 10.2. The zero-order chi connectivity index (χ0) is 21.3. The van der Waals surface area contributed by atoms with Crippen LogP contribution in [0.15, 0.2) is 54.9 Å². The molecule has 6 heteroatoms. The molecule has 0 spiro atoms. The minimum Gasteiger partial charge on any atom is -0.369 e. The topological polar surface area (TPSA) is 64.1 Å². The van der Waals surface area contributed by atoms with Crippen LogP contribution in [0.5, 0.6) is 0 Å². The fourth-order valence-electron chi connectivity index (χ4n) is 1.98. The van der Waals surface area contributed by atoms with E-state index in [1.165, 1.54) is 0 Å². The summed E-state index contributed by atoms with van der Waals surface area (Å²) in [4.78, 5) is 19.2. The number of thiazole rings is 1. The van der Waals surface area contributed by atoms with Gasteiger partial charge in [-0.1, -0.05) is 61.4 Å². The Morgan fingerprint density at radius 2 is 1.79 bits per heavy atom. The monoisotopic (exact) mass is 409 g/mol. The van der Waals surface area contributed by atoms with Crippen molar-refractivity contribution < 1.29 is 9.53 Å². The first-order valence-electron chi connectivity index (χ1n) is 9.35. The Morgan fingerprint density at radius 1 is 1.10 bits per heavy atom. The molecule has 0 unspecified atom stereocenters. The Bertz CT molecular complexity index is 885. The number of ether oxygens (including phenoxy) is 1. The lowest BCUT2D eigenvalue weighted by Crippen LogP contribution is -1.95. The van der Waals surface area contributed by atoms with Crippen LogP contribution in [0.3, 0.4) is 0 Å². The fraction of sp³-hybridized carbons (Fsp3) is 0.261. The molecule has 0 radical (unpaired) electrons. The molecule has 0 aliphatic heterocycles. The number of aldehydes is 1. The van der Waals surface area contributed by atoms with Crippen molar-refractivity contribution in [1.82, 2.24) is 9.97 Å². The molecule has 152 valence electrons. The SMILES string of the molecule is CC.CNc1nc(C)c(C#Cc2ccncc2)s1.O=CCOCc1ccccc1. The van der Waals surface area contributed by atoms with E-state index in [2.05, 4.69) is 27.1 Å². The van der Waals surface area contributed by atoms with Gasteiger partial charge in [0.05, 0.1) is 12.3 Å². The van der Waals surface area contributed by atoms with E-state index in [9.17, 15) is 4.79 Å². The molecule has 2 heterocycles. The van der Waals surface area contributed by atoms with Gasteiger partial charge in [0.25, 0.3) is 0 Å². The Hall–Kier alpha value is -3.01. The third kappa shape index (κ3) is 9.65. The quantitative estimate of drug-likeness (QED) is 0.375. The van der Waals surface area contributed by atoms with Crippen LogP contribution in [-0.2, 0) is 16.1 Å². The average molecular weight is 410 g/mol. The number of aryl methyl sites for hydroxylation is 1. The summed E-state index contributed by atoms with van der Waals surface area (Å²) in [7, 11) is 1.86. The molecule has 3 aromatic rings. The molecule has 1 N–H and O–H groups in total. The molecule has 5 nitrogen and oxygen atoms in total. The van der Waals surface area contributed by atoms with Crippen molar-refractivity contribution in [2.24, 2.45) is 0 Å². The summed E-state index contributed by atoms with van der Waals surface area (Å²) in [5.41, 5.74) is 3.03. The summed E-state index contributed by atoms with van der Waals surface area (Å²) >= 11 is 1.57. The first-order chi connectivity index (χ1) is 14.2. The van der Waals surface area contributed by atoms with Crippen LogP contribution in [0.25, 0.3) is 0 Å². The van der Waals surface area contributed by atoms with E-state index in [-0.39, 0.29) is 6.61 Å². The van der Waals surface area contributed by atoms with Gasteiger partial charge in [0.1, 0.15) is 17.8 Å². The molecule has 0 aliphatic carbocycles. The maximum absolute atomic E-state index is 9.87. The summed E-state index contributed by atoms with van der Waals surface area (Å²) in [6.07, 6.45) is 4.23. The van der Waals surface area contributed by atoms with Gasteiger partial charge in [0.15, 0.2) is 5.13 Å². The molecule has 29 heavy (non-hydrogen) atoms. The molecule has 0 amide bonds. The number of pyridine rings is 1. The minimum absolute atomic E-state index is 0.175. The van der Waals surface area contributed by atoms with Crippen molar-refractivity contribution in [2.75, 3.05) is 19.0 Å². The van der Waals surface area contributed by atoms with Crippen LogP contribution in [0.4, 0.5) is 5.13 Å². The summed E-state index contributed by atoms with van der Waals surface area (Å²) < 4.78 is 5.00. The van der Waals surface area contributed by atoms with Gasteiger partial charge in [-0.25, -0.2) is 4.98 Å². The van der Waals surface area contributed by atoms with E-state index in [0.29, 0.717) is 6.61 Å². The molecule has 3 rings (SSSR count). The van der Waals surface area contributed by atoms with Crippen molar-refractivity contribution in [3.8, 4) is 11.8 Å². The zero-order valence-corrected chi connectivity index (χ0v) is 18.1. The van der Waals surface area contributed by atoms with Crippen molar-refractivity contribution in [1.29, 1.82) is 0 Å². The van der Waals surface area contributed by atoms with Crippen LogP contribution in [0.2, 0.25) is 0 Å². The van der Waals surface area contributed by atoms with E-state index in [1.807, 2.05) is 70.3 Å². The molecule has 0 saturated heterocycles. The Balaban J connectivity index is 0.000000284. The van der Waals surface area contributed by atoms with E-state index in [1.54, 1.807) is 23.7 Å². The predicted molar refractivity (Wildman–Crippen MR) is 120 cm³/mol. The van der Waals surface area contributed by atoms with Crippen molar-refractivity contribution in [3.05, 3.63) is 76.6 Å². The van der Waals surface area contributed by atoms with Gasteiger partial charge in [0, 0.05) is 25.0 Å². The third-order valence-electron chi connectivity index (χ3n) is 3.31. The Labute approximate surface area is 177 Å². The second kappa shape index (κ2) is 15.0. The number of hydrogen-bond acceptors (Lipinski definition) is 6. The highest BCUT2D eigenvalue weighted by molar-refractivity contribution is 7.16. The number of carbonyl (C=O) groups excluding carboxylic acids is 1. The predicted octanol–water partition coefficient (Wildman–Crippen LogP) is 4.72. The number of nitrogens with one attached hydrogen (secondary N) is 1. The summed E-state index contributed by atoms with van der Waals surface area (Å²) in [6, 6.07) is 13.5. The second-order valence-corrected chi connectivity index (χ2v) is 6.34. The van der Waals surface area contributed by atoms with Crippen LogP contribution in [0.1, 0.15) is 35.5 Å². The van der Waals surface area contributed by atoms with Gasteiger partial charge in [0.2, 0.25) is 0 Å². The van der Waals surface area contributed by atoms with Crippen LogP contribution < -0.4 is 5.32 Å². The number of carbonyl (C=O) groups is 1. The molecule has 1 aromatic carbocycles. The molecule has 0 bridgehead atoms. The second-order valence-electron chi connectivity index (χ2n) is 5.34. The number of hydrogen-bond donors (Lipinski definition) is 1. The minimum atomic E-state index is 0.175. The van der Waals surface area contributed by atoms with Gasteiger partial charge < -0.3 is 14.8 Å². The van der Waals surface area contributed by atoms with Crippen molar-refractivity contribution in [3.63, 3.8) is 0 Å². The number of nitrogens with zero attached hydrogens (tertiary/aromatic N) is 2. The highest BCUT2D eigenvalue weighted by Gasteiger charge is 2.02. The fourth-order valence-corrected chi connectivity index (χ4v) is 2.76. The van der Waals surface area contributed by atoms with Gasteiger partial charge in [-0.15, -0.1) is 0 Å². The number of anilines is 1. The number of benzene rings is 1. The highest BCUT2D eigenvalue weighted by atomic mass is 32.1. The largest absolute Gasteiger partial charge is 0.369 e. The summed E-state index contributed by atoms with van der Waals surface area (Å²) in [6.45, 7) is 6.66. The Morgan fingerprint density at radius 3 is 2.38 bits per heavy atom. The summed E-state index contributed by atoms with van der Waals surface area (Å²) in [5, 5.41) is 3.92. The molecule has 0 aliphatic rings. The van der Waals surface area contributed by atoms with Crippen LogP contribution in [0, 0.1) is 18.8 Å². The third-order valence-corrected chi connectivity index (χ3v) is 4.40.